The quantitative estimate of drug-likeness (QED) is 0.791. The number of hydrogen-bond acceptors (Lipinski definition) is 4. The van der Waals surface area contributed by atoms with Gasteiger partial charge in [-0.2, -0.15) is 0 Å². The fourth-order valence-electron chi connectivity index (χ4n) is 2.66. The van der Waals surface area contributed by atoms with Crippen molar-refractivity contribution in [3.63, 3.8) is 0 Å². The Morgan fingerprint density at radius 1 is 1.28 bits per heavy atom. The molecule has 2 heterocycles. The maximum Gasteiger partial charge on any atom is 0.214 e. The molecule has 2 aliphatic heterocycles. The number of rotatable bonds is 5. The summed E-state index contributed by atoms with van der Waals surface area (Å²) >= 11 is 0. The summed E-state index contributed by atoms with van der Waals surface area (Å²) in [6.45, 7) is 3.16. The molecule has 2 fully saturated rings. The Kier molecular flexibility index (Phi) is 5.00. The number of likely N-dealkylation sites (N-methyl/N-ethyl adjacent to an activating group) is 1. The van der Waals surface area contributed by atoms with Crippen LogP contribution in [0.1, 0.15) is 25.7 Å². The lowest BCUT2D eigenvalue weighted by molar-refractivity contribution is 0.0978. The van der Waals surface area contributed by atoms with E-state index in [1.165, 1.54) is 4.31 Å². The molecule has 0 aliphatic carbocycles. The zero-order chi connectivity index (χ0) is 13.0. The van der Waals surface area contributed by atoms with Crippen LogP contribution in [0.15, 0.2) is 0 Å². The summed E-state index contributed by atoms with van der Waals surface area (Å²) in [5.41, 5.74) is 0. The van der Waals surface area contributed by atoms with Crippen molar-refractivity contribution in [2.24, 2.45) is 5.92 Å². The lowest BCUT2D eigenvalue weighted by Gasteiger charge is -2.26. The molecule has 0 aromatic carbocycles. The number of nitrogens with one attached hydrogen (secondary N) is 1. The van der Waals surface area contributed by atoms with Crippen LogP contribution >= 0.6 is 0 Å². The summed E-state index contributed by atoms with van der Waals surface area (Å²) in [6.07, 6.45) is 4.05. The summed E-state index contributed by atoms with van der Waals surface area (Å²) in [4.78, 5) is 0. The average molecular weight is 276 g/mol. The van der Waals surface area contributed by atoms with Gasteiger partial charge in [-0.3, -0.25) is 0 Å². The second kappa shape index (κ2) is 6.32. The third kappa shape index (κ3) is 3.91. The second-order valence-corrected chi connectivity index (χ2v) is 7.51. The fourth-order valence-corrected chi connectivity index (χ4v) is 4.24. The Bertz CT molecular complexity index is 346. The van der Waals surface area contributed by atoms with Gasteiger partial charge in [0, 0.05) is 20.2 Å². The highest BCUT2D eigenvalue weighted by atomic mass is 32.2. The molecule has 2 aliphatic rings. The van der Waals surface area contributed by atoms with Crippen LogP contribution in [0, 0.1) is 5.92 Å². The van der Waals surface area contributed by atoms with Crippen LogP contribution in [0.5, 0.6) is 0 Å². The van der Waals surface area contributed by atoms with Gasteiger partial charge in [-0.05, 0) is 44.7 Å². The topological polar surface area (TPSA) is 58.6 Å². The SMILES string of the molecule is CN(CC1CCCO1)S(=O)(=O)CC1CCNCC1. The molecule has 0 aromatic heterocycles. The van der Waals surface area contributed by atoms with E-state index in [1.54, 1.807) is 7.05 Å². The highest BCUT2D eigenvalue weighted by Gasteiger charge is 2.27. The van der Waals surface area contributed by atoms with Gasteiger partial charge >= 0.3 is 0 Å². The van der Waals surface area contributed by atoms with Gasteiger partial charge in [0.15, 0.2) is 0 Å². The van der Waals surface area contributed by atoms with E-state index in [0.717, 1.165) is 45.4 Å². The number of piperidine rings is 1. The zero-order valence-electron chi connectivity index (χ0n) is 11.1. The maximum absolute atomic E-state index is 12.2. The first-order chi connectivity index (χ1) is 8.58. The number of sulfonamides is 1. The normalized spacial score (nSPS) is 26.9. The minimum atomic E-state index is -3.12. The monoisotopic (exact) mass is 276 g/mol. The van der Waals surface area contributed by atoms with Gasteiger partial charge in [0.1, 0.15) is 0 Å². The van der Waals surface area contributed by atoms with Gasteiger partial charge in [-0.25, -0.2) is 12.7 Å². The van der Waals surface area contributed by atoms with Crippen molar-refractivity contribution in [1.82, 2.24) is 9.62 Å². The first-order valence-corrected chi connectivity index (χ1v) is 8.45. The first-order valence-electron chi connectivity index (χ1n) is 6.84. The van der Waals surface area contributed by atoms with E-state index in [9.17, 15) is 8.42 Å². The fraction of sp³-hybridized carbons (Fsp3) is 1.00. The van der Waals surface area contributed by atoms with Crippen LogP contribution in [0.2, 0.25) is 0 Å². The summed E-state index contributed by atoms with van der Waals surface area (Å²) < 4.78 is 31.5. The average Bonchev–Trinajstić information content (AvgIpc) is 2.82. The number of ether oxygens (including phenoxy) is 1. The molecule has 0 aromatic rings. The summed E-state index contributed by atoms with van der Waals surface area (Å²) in [7, 11) is -1.44. The Balaban J connectivity index is 1.83. The van der Waals surface area contributed by atoms with E-state index >= 15 is 0 Å². The first kappa shape index (κ1) is 14.2. The lowest BCUT2D eigenvalue weighted by Crippen LogP contribution is -2.39. The van der Waals surface area contributed by atoms with Gasteiger partial charge < -0.3 is 10.1 Å². The van der Waals surface area contributed by atoms with Crippen molar-refractivity contribution in [3.8, 4) is 0 Å². The third-order valence-electron chi connectivity index (χ3n) is 3.86. The van der Waals surface area contributed by atoms with Crippen LogP contribution < -0.4 is 5.32 Å². The molecule has 5 nitrogen and oxygen atoms in total. The van der Waals surface area contributed by atoms with Gasteiger partial charge in [0.25, 0.3) is 0 Å². The van der Waals surface area contributed by atoms with E-state index in [1.807, 2.05) is 0 Å². The number of nitrogens with zero attached hydrogens (tertiary/aromatic N) is 1. The van der Waals surface area contributed by atoms with E-state index in [2.05, 4.69) is 5.32 Å². The van der Waals surface area contributed by atoms with Gasteiger partial charge in [0.05, 0.1) is 11.9 Å². The van der Waals surface area contributed by atoms with Crippen molar-refractivity contribution < 1.29 is 13.2 Å². The van der Waals surface area contributed by atoms with Crippen LogP contribution in [-0.2, 0) is 14.8 Å². The molecular weight excluding hydrogens is 252 g/mol. The molecule has 2 saturated heterocycles. The van der Waals surface area contributed by atoms with Crippen molar-refractivity contribution >= 4 is 10.0 Å². The van der Waals surface area contributed by atoms with Crippen molar-refractivity contribution in [2.45, 2.75) is 31.8 Å². The minimum absolute atomic E-state index is 0.0952. The van der Waals surface area contributed by atoms with E-state index in [4.69, 9.17) is 4.74 Å². The highest BCUT2D eigenvalue weighted by molar-refractivity contribution is 7.89. The summed E-state index contributed by atoms with van der Waals surface area (Å²) in [5.74, 6) is 0.598. The molecule has 0 bridgehead atoms. The van der Waals surface area contributed by atoms with Crippen LogP contribution in [0.4, 0.5) is 0 Å². The Hall–Kier alpha value is -0.170. The van der Waals surface area contributed by atoms with Crippen molar-refractivity contribution in [3.05, 3.63) is 0 Å². The molecule has 6 heteroatoms. The Labute approximate surface area is 110 Å². The molecule has 1 atom stereocenters. The molecule has 0 spiro atoms. The van der Waals surface area contributed by atoms with Gasteiger partial charge in [-0.1, -0.05) is 0 Å². The predicted molar refractivity (Wildman–Crippen MR) is 71.0 cm³/mol. The standard InChI is InChI=1S/C12H24N2O3S/c1-14(9-12-3-2-8-17-12)18(15,16)10-11-4-6-13-7-5-11/h11-13H,2-10H2,1H3. The molecule has 106 valence electrons. The molecule has 0 amide bonds. The van der Waals surface area contributed by atoms with E-state index in [0.29, 0.717) is 12.5 Å². The van der Waals surface area contributed by atoms with Crippen LogP contribution in [0.3, 0.4) is 0 Å². The molecule has 0 saturated carbocycles. The van der Waals surface area contributed by atoms with E-state index < -0.39 is 10.0 Å². The molecule has 2 rings (SSSR count). The zero-order valence-corrected chi connectivity index (χ0v) is 11.9. The molecule has 0 radical (unpaired) electrons. The molecule has 18 heavy (non-hydrogen) atoms. The summed E-state index contributed by atoms with van der Waals surface area (Å²) in [6, 6.07) is 0. The Morgan fingerprint density at radius 3 is 2.61 bits per heavy atom. The van der Waals surface area contributed by atoms with Crippen molar-refractivity contribution in [2.75, 3.05) is 39.0 Å². The minimum Gasteiger partial charge on any atom is -0.377 e. The molecule has 1 N–H and O–H groups in total. The smallest absolute Gasteiger partial charge is 0.214 e. The lowest BCUT2D eigenvalue weighted by atomic mass is 10.0. The largest absolute Gasteiger partial charge is 0.377 e. The maximum atomic E-state index is 12.2. The van der Waals surface area contributed by atoms with Crippen LogP contribution in [0.25, 0.3) is 0 Å². The van der Waals surface area contributed by atoms with Gasteiger partial charge in [0.2, 0.25) is 10.0 Å². The number of hydrogen-bond donors (Lipinski definition) is 1. The highest BCUT2D eigenvalue weighted by Crippen LogP contribution is 2.18. The predicted octanol–water partition coefficient (Wildman–Crippen LogP) is 0.427. The van der Waals surface area contributed by atoms with Crippen molar-refractivity contribution in [1.29, 1.82) is 0 Å². The van der Waals surface area contributed by atoms with Crippen LogP contribution in [-0.4, -0.2) is 57.9 Å². The second-order valence-electron chi connectivity index (χ2n) is 5.39. The van der Waals surface area contributed by atoms with E-state index in [-0.39, 0.29) is 11.9 Å². The third-order valence-corrected chi connectivity index (χ3v) is 5.86. The molecular formula is C12H24N2O3S. The summed E-state index contributed by atoms with van der Waals surface area (Å²) in [5, 5.41) is 3.26. The molecule has 1 unspecified atom stereocenters. The Morgan fingerprint density at radius 2 is 2.00 bits per heavy atom. The van der Waals surface area contributed by atoms with Gasteiger partial charge in [-0.15, -0.1) is 0 Å².